The van der Waals surface area contributed by atoms with Crippen molar-refractivity contribution in [2.24, 2.45) is 4.99 Å². The van der Waals surface area contributed by atoms with Gasteiger partial charge < -0.3 is 14.8 Å². The molecule has 140 valence electrons. The van der Waals surface area contributed by atoms with Crippen LogP contribution in [0.5, 0.6) is 0 Å². The molecule has 0 aliphatic carbocycles. The molecule has 26 heavy (non-hydrogen) atoms. The van der Waals surface area contributed by atoms with Crippen LogP contribution >= 0.6 is 0 Å². The van der Waals surface area contributed by atoms with Gasteiger partial charge in [0.15, 0.2) is 5.96 Å². The van der Waals surface area contributed by atoms with Gasteiger partial charge in [0.05, 0.1) is 6.54 Å². The first kappa shape index (κ1) is 18.4. The van der Waals surface area contributed by atoms with E-state index in [1.54, 1.807) is 6.33 Å². The molecule has 1 aromatic carbocycles. The molecule has 0 spiro atoms. The average molecular weight is 355 g/mol. The molecule has 6 heteroatoms. The first-order valence-electron chi connectivity index (χ1n) is 9.70. The molecule has 3 rings (SSSR count). The van der Waals surface area contributed by atoms with Crippen LogP contribution in [0.4, 0.5) is 0 Å². The van der Waals surface area contributed by atoms with Crippen LogP contribution in [0.15, 0.2) is 35.6 Å². The van der Waals surface area contributed by atoms with Gasteiger partial charge in [-0.3, -0.25) is 4.99 Å². The second-order valence-electron chi connectivity index (χ2n) is 6.89. The van der Waals surface area contributed by atoms with Crippen LogP contribution in [0.1, 0.15) is 44.1 Å². The van der Waals surface area contributed by atoms with Gasteiger partial charge >= 0.3 is 0 Å². The minimum absolute atomic E-state index is 0.409. The molecule has 1 N–H and O–H groups in total. The van der Waals surface area contributed by atoms with Crippen molar-refractivity contribution >= 4 is 5.96 Å². The molecule has 6 nitrogen and oxygen atoms in total. The van der Waals surface area contributed by atoms with E-state index in [1.807, 2.05) is 0 Å². The third-order valence-corrected chi connectivity index (χ3v) is 5.03. The topological polar surface area (TPSA) is 58.3 Å². The summed E-state index contributed by atoms with van der Waals surface area (Å²) in [5.74, 6) is 2.03. The van der Waals surface area contributed by atoms with Crippen LogP contribution in [0, 0.1) is 0 Å². The number of fused-ring (bicyclic) bond motifs is 1. The predicted octanol–water partition coefficient (Wildman–Crippen LogP) is 2.64. The van der Waals surface area contributed by atoms with Crippen LogP contribution in [0.25, 0.3) is 0 Å². The number of rotatable bonds is 6. The molecular weight excluding hydrogens is 324 g/mol. The molecule has 2 aromatic rings. The van der Waals surface area contributed by atoms with E-state index in [0.717, 1.165) is 57.2 Å². The number of aliphatic imine (C=N–C) groups is 1. The van der Waals surface area contributed by atoms with Crippen molar-refractivity contribution in [2.75, 3.05) is 13.1 Å². The van der Waals surface area contributed by atoms with Crippen molar-refractivity contribution in [1.82, 2.24) is 25.0 Å². The third-order valence-electron chi connectivity index (χ3n) is 5.03. The molecule has 1 aliphatic heterocycles. The molecule has 2 heterocycles. The van der Waals surface area contributed by atoms with Crippen molar-refractivity contribution < 1.29 is 0 Å². The second kappa shape index (κ2) is 8.83. The average Bonchev–Trinajstić information content (AvgIpc) is 3.14. The molecule has 0 saturated carbocycles. The van der Waals surface area contributed by atoms with Crippen LogP contribution in [0.2, 0.25) is 0 Å². The number of hydrogen-bond donors (Lipinski definition) is 1. The molecule has 0 fully saturated rings. The van der Waals surface area contributed by atoms with E-state index in [4.69, 9.17) is 4.99 Å². The molecule has 1 atom stereocenters. The molecule has 0 saturated heterocycles. The lowest BCUT2D eigenvalue weighted by molar-refractivity contribution is 0.370. The highest BCUT2D eigenvalue weighted by Crippen LogP contribution is 2.18. The molecule has 0 amide bonds. The zero-order valence-corrected chi connectivity index (χ0v) is 16.1. The van der Waals surface area contributed by atoms with Gasteiger partial charge in [0.1, 0.15) is 12.2 Å². The number of hydrogen-bond acceptors (Lipinski definition) is 3. The van der Waals surface area contributed by atoms with Gasteiger partial charge in [-0.15, -0.1) is 10.2 Å². The Morgan fingerprint density at radius 1 is 1.27 bits per heavy atom. The van der Waals surface area contributed by atoms with Crippen molar-refractivity contribution in [3.8, 4) is 0 Å². The van der Waals surface area contributed by atoms with Crippen LogP contribution in [-0.4, -0.2) is 44.8 Å². The van der Waals surface area contributed by atoms with E-state index in [0.29, 0.717) is 6.04 Å². The standard InChI is InChI=1S/C20H30N6/c1-4-16(3)23-20(21-11-13-26-15-22-24-19(26)5-2)25-12-10-17-8-6-7-9-18(17)14-25/h6-9,15-16H,4-5,10-14H2,1-3H3,(H,21,23). The summed E-state index contributed by atoms with van der Waals surface area (Å²) in [5.41, 5.74) is 2.87. The van der Waals surface area contributed by atoms with Crippen LogP contribution in [-0.2, 0) is 25.9 Å². The fraction of sp³-hybridized carbons (Fsp3) is 0.550. The Bertz CT molecular complexity index is 735. The van der Waals surface area contributed by atoms with Gasteiger partial charge in [0.2, 0.25) is 0 Å². The summed E-state index contributed by atoms with van der Waals surface area (Å²) in [7, 11) is 0. The van der Waals surface area contributed by atoms with Gasteiger partial charge in [-0.05, 0) is 30.9 Å². The van der Waals surface area contributed by atoms with E-state index in [2.05, 4.69) is 70.0 Å². The maximum absolute atomic E-state index is 4.91. The summed E-state index contributed by atoms with van der Waals surface area (Å²) in [6.45, 7) is 9.98. The molecule has 1 aromatic heterocycles. The minimum atomic E-state index is 0.409. The smallest absolute Gasteiger partial charge is 0.194 e. The first-order valence-corrected chi connectivity index (χ1v) is 9.70. The Morgan fingerprint density at radius 3 is 2.85 bits per heavy atom. The SMILES string of the molecule is CCc1nncn1CCN=C(NC(C)CC)N1CCc2ccccc2C1. The fourth-order valence-corrected chi connectivity index (χ4v) is 3.24. The monoisotopic (exact) mass is 354 g/mol. The largest absolute Gasteiger partial charge is 0.354 e. The van der Waals surface area contributed by atoms with Gasteiger partial charge in [0.25, 0.3) is 0 Å². The predicted molar refractivity (Wildman–Crippen MR) is 105 cm³/mol. The van der Waals surface area contributed by atoms with Crippen molar-refractivity contribution in [2.45, 2.75) is 59.2 Å². The second-order valence-corrected chi connectivity index (χ2v) is 6.89. The maximum Gasteiger partial charge on any atom is 0.194 e. The number of aryl methyl sites for hydroxylation is 1. The van der Waals surface area contributed by atoms with E-state index in [-0.39, 0.29) is 0 Å². The highest BCUT2D eigenvalue weighted by molar-refractivity contribution is 5.80. The molecule has 0 radical (unpaired) electrons. The maximum atomic E-state index is 4.91. The Kier molecular flexibility index (Phi) is 6.26. The van der Waals surface area contributed by atoms with E-state index in [9.17, 15) is 0 Å². The van der Waals surface area contributed by atoms with Gasteiger partial charge in [0, 0.05) is 32.1 Å². The number of nitrogens with zero attached hydrogens (tertiary/aromatic N) is 5. The lowest BCUT2D eigenvalue weighted by Crippen LogP contribution is -2.47. The summed E-state index contributed by atoms with van der Waals surface area (Å²) in [6, 6.07) is 9.13. The zero-order chi connectivity index (χ0) is 18.4. The number of aromatic nitrogens is 3. The summed E-state index contributed by atoms with van der Waals surface area (Å²) < 4.78 is 2.09. The zero-order valence-electron chi connectivity index (χ0n) is 16.1. The number of nitrogens with one attached hydrogen (secondary N) is 1. The van der Waals surface area contributed by atoms with Crippen LogP contribution in [0.3, 0.4) is 0 Å². The molecule has 1 unspecified atom stereocenters. The minimum Gasteiger partial charge on any atom is -0.354 e. The molecule has 0 bridgehead atoms. The van der Waals surface area contributed by atoms with Gasteiger partial charge in [-0.1, -0.05) is 38.1 Å². The summed E-state index contributed by atoms with van der Waals surface area (Å²) >= 11 is 0. The Hall–Kier alpha value is -2.37. The Balaban J connectivity index is 1.70. The van der Waals surface area contributed by atoms with Crippen molar-refractivity contribution in [1.29, 1.82) is 0 Å². The highest BCUT2D eigenvalue weighted by Gasteiger charge is 2.19. The van der Waals surface area contributed by atoms with Crippen molar-refractivity contribution in [3.63, 3.8) is 0 Å². The van der Waals surface area contributed by atoms with E-state index in [1.165, 1.54) is 11.1 Å². The van der Waals surface area contributed by atoms with Crippen LogP contribution < -0.4 is 5.32 Å². The Labute approximate surface area is 156 Å². The quantitative estimate of drug-likeness (QED) is 0.640. The van der Waals surface area contributed by atoms with Gasteiger partial charge in [-0.2, -0.15) is 0 Å². The first-order chi connectivity index (χ1) is 12.7. The fourth-order valence-electron chi connectivity index (χ4n) is 3.24. The van der Waals surface area contributed by atoms with Gasteiger partial charge in [-0.25, -0.2) is 0 Å². The Morgan fingerprint density at radius 2 is 2.08 bits per heavy atom. The third kappa shape index (κ3) is 4.42. The normalized spacial score (nSPS) is 15.7. The van der Waals surface area contributed by atoms with E-state index >= 15 is 0 Å². The van der Waals surface area contributed by atoms with E-state index < -0.39 is 0 Å². The summed E-state index contributed by atoms with van der Waals surface area (Å²) in [5, 5.41) is 11.8. The lowest BCUT2D eigenvalue weighted by Gasteiger charge is -2.33. The molecular formula is C20H30N6. The van der Waals surface area contributed by atoms with Crippen molar-refractivity contribution in [3.05, 3.63) is 47.5 Å². The highest BCUT2D eigenvalue weighted by atomic mass is 15.3. The lowest BCUT2D eigenvalue weighted by atomic mass is 10.0. The number of benzene rings is 1. The number of guanidine groups is 1. The summed E-state index contributed by atoms with van der Waals surface area (Å²) in [4.78, 5) is 7.29. The molecule has 1 aliphatic rings. The summed E-state index contributed by atoms with van der Waals surface area (Å²) in [6.07, 6.45) is 4.84.